The van der Waals surface area contributed by atoms with Crippen LogP contribution in [-0.2, 0) is 16.1 Å². The molecule has 1 saturated carbocycles. The molecule has 2 fully saturated rings. The minimum absolute atomic E-state index is 0.230. The summed E-state index contributed by atoms with van der Waals surface area (Å²) in [5.41, 5.74) is 3.30. The molecule has 1 aromatic rings. The largest absolute Gasteiger partial charge is 0.350 e. The maximum absolute atomic E-state index is 11.8. The van der Waals surface area contributed by atoms with E-state index in [1.807, 2.05) is 24.8 Å². The number of hydrogen-bond donors (Lipinski definition) is 2. The zero-order valence-electron chi connectivity index (χ0n) is 12.5. The van der Waals surface area contributed by atoms with Gasteiger partial charge in [-0.05, 0) is 43.9 Å². The van der Waals surface area contributed by atoms with E-state index in [4.69, 9.17) is 0 Å². The molecule has 1 aliphatic heterocycles. The fourth-order valence-corrected chi connectivity index (χ4v) is 2.71. The third-order valence-electron chi connectivity index (χ3n) is 4.17. The van der Waals surface area contributed by atoms with Crippen LogP contribution in [-0.4, -0.2) is 30.4 Å². The van der Waals surface area contributed by atoms with Gasteiger partial charge in [-0.3, -0.25) is 14.9 Å². The van der Waals surface area contributed by atoms with Crippen molar-refractivity contribution in [3.8, 4) is 0 Å². The van der Waals surface area contributed by atoms with E-state index in [9.17, 15) is 9.59 Å². The second-order valence-electron chi connectivity index (χ2n) is 5.99. The standard InChI is InChI=1S/C16H21N3O2/c1-10-7-12(8-17-13-4-5-13)3-6-14(10)19-9-15(20)18-16(21)11(19)2/h3,6-7,11,13,17H,4-5,8-9H2,1-2H3,(H,18,20,21). The van der Waals surface area contributed by atoms with Crippen LogP contribution in [0.25, 0.3) is 0 Å². The van der Waals surface area contributed by atoms with E-state index in [1.54, 1.807) is 0 Å². The second-order valence-corrected chi connectivity index (χ2v) is 5.99. The van der Waals surface area contributed by atoms with Crippen LogP contribution >= 0.6 is 0 Å². The van der Waals surface area contributed by atoms with Crippen LogP contribution in [0.1, 0.15) is 30.9 Å². The molecule has 2 amide bonds. The fraction of sp³-hybridized carbons (Fsp3) is 0.500. The van der Waals surface area contributed by atoms with Gasteiger partial charge in [0.2, 0.25) is 11.8 Å². The molecule has 0 bridgehead atoms. The Labute approximate surface area is 124 Å². The molecule has 5 nitrogen and oxygen atoms in total. The van der Waals surface area contributed by atoms with Gasteiger partial charge in [0.1, 0.15) is 6.04 Å². The van der Waals surface area contributed by atoms with Crippen LogP contribution in [0.15, 0.2) is 18.2 Å². The quantitative estimate of drug-likeness (QED) is 0.814. The maximum Gasteiger partial charge on any atom is 0.249 e. The van der Waals surface area contributed by atoms with E-state index in [1.165, 1.54) is 18.4 Å². The van der Waals surface area contributed by atoms with Gasteiger partial charge in [-0.2, -0.15) is 0 Å². The van der Waals surface area contributed by atoms with E-state index in [2.05, 4.69) is 22.8 Å². The van der Waals surface area contributed by atoms with Gasteiger partial charge < -0.3 is 10.2 Å². The normalized spacial score (nSPS) is 22.4. The van der Waals surface area contributed by atoms with Crippen LogP contribution in [0.4, 0.5) is 5.69 Å². The van der Waals surface area contributed by atoms with Gasteiger partial charge in [-0.1, -0.05) is 12.1 Å². The van der Waals surface area contributed by atoms with E-state index in [0.29, 0.717) is 6.04 Å². The van der Waals surface area contributed by atoms with Crippen LogP contribution in [0.5, 0.6) is 0 Å². The van der Waals surface area contributed by atoms with E-state index < -0.39 is 0 Å². The van der Waals surface area contributed by atoms with E-state index >= 15 is 0 Å². The SMILES string of the molecule is Cc1cc(CNC2CC2)ccc1N1CC(=O)NC(=O)C1C. The summed E-state index contributed by atoms with van der Waals surface area (Å²) in [6.45, 7) is 4.96. The Morgan fingerprint density at radius 2 is 2.10 bits per heavy atom. The van der Waals surface area contributed by atoms with Crippen LogP contribution in [0.2, 0.25) is 0 Å². The smallest absolute Gasteiger partial charge is 0.249 e. The monoisotopic (exact) mass is 287 g/mol. The zero-order chi connectivity index (χ0) is 15.0. The summed E-state index contributed by atoms with van der Waals surface area (Å²) in [7, 11) is 0. The first-order valence-corrected chi connectivity index (χ1v) is 7.48. The lowest BCUT2D eigenvalue weighted by Crippen LogP contribution is -2.57. The molecular weight excluding hydrogens is 266 g/mol. The number of amides is 2. The summed E-state index contributed by atoms with van der Waals surface area (Å²) in [6, 6.07) is 6.59. The molecule has 1 aromatic carbocycles. The molecule has 2 N–H and O–H groups in total. The summed E-state index contributed by atoms with van der Waals surface area (Å²) >= 11 is 0. The highest BCUT2D eigenvalue weighted by molar-refractivity contribution is 6.04. The van der Waals surface area contributed by atoms with Crippen molar-refractivity contribution in [2.75, 3.05) is 11.4 Å². The summed E-state index contributed by atoms with van der Waals surface area (Å²) in [5, 5.41) is 5.86. The highest BCUT2D eigenvalue weighted by Gasteiger charge is 2.31. The number of carbonyl (C=O) groups is 2. The summed E-state index contributed by atoms with van der Waals surface area (Å²) in [5.74, 6) is -0.470. The van der Waals surface area contributed by atoms with Gasteiger partial charge in [0, 0.05) is 18.3 Å². The van der Waals surface area contributed by atoms with Crippen molar-refractivity contribution in [3.05, 3.63) is 29.3 Å². The Kier molecular flexibility index (Phi) is 3.68. The Hall–Kier alpha value is -1.88. The van der Waals surface area contributed by atoms with Gasteiger partial charge in [0.15, 0.2) is 0 Å². The molecule has 1 unspecified atom stereocenters. The van der Waals surface area contributed by atoms with Gasteiger partial charge in [0.05, 0.1) is 6.54 Å². The molecule has 21 heavy (non-hydrogen) atoms. The van der Waals surface area contributed by atoms with E-state index in [0.717, 1.165) is 17.8 Å². The van der Waals surface area contributed by atoms with Crippen molar-refractivity contribution < 1.29 is 9.59 Å². The first kappa shape index (κ1) is 14.1. The number of nitrogens with one attached hydrogen (secondary N) is 2. The summed E-state index contributed by atoms with van der Waals surface area (Å²) in [6.07, 6.45) is 2.55. The lowest BCUT2D eigenvalue weighted by atomic mass is 10.1. The number of piperazine rings is 1. The van der Waals surface area contributed by atoms with Crippen LogP contribution < -0.4 is 15.5 Å². The highest BCUT2D eigenvalue weighted by atomic mass is 16.2. The molecular formula is C16H21N3O2. The second kappa shape index (κ2) is 5.48. The molecule has 1 saturated heterocycles. The minimum Gasteiger partial charge on any atom is -0.350 e. The molecule has 1 heterocycles. The van der Waals surface area contributed by atoms with Crippen molar-refractivity contribution in [1.29, 1.82) is 0 Å². The Morgan fingerprint density at radius 3 is 2.76 bits per heavy atom. The van der Waals surface area contributed by atoms with Gasteiger partial charge >= 0.3 is 0 Å². The lowest BCUT2D eigenvalue weighted by molar-refractivity contribution is -0.132. The average molecular weight is 287 g/mol. The molecule has 0 radical (unpaired) electrons. The summed E-state index contributed by atoms with van der Waals surface area (Å²) in [4.78, 5) is 25.2. The number of hydrogen-bond acceptors (Lipinski definition) is 4. The fourth-order valence-electron chi connectivity index (χ4n) is 2.71. The van der Waals surface area contributed by atoms with Crippen molar-refractivity contribution in [3.63, 3.8) is 0 Å². The molecule has 112 valence electrons. The van der Waals surface area contributed by atoms with Crippen molar-refractivity contribution in [2.24, 2.45) is 0 Å². The first-order chi connectivity index (χ1) is 10.0. The molecule has 1 atom stereocenters. The van der Waals surface area contributed by atoms with Crippen molar-refractivity contribution in [1.82, 2.24) is 10.6 Å². The molecule has 1 aliphatic carbocycles. The average Bonchev–Trinajstić information content (AvgIpc) is 3.25. The first-order valence-electron chi connectivity index (χ1n) is 7.48. The van der Waals surface area contributed by atoms with Gasteiger partial charge in [0.25, 0.3) is 0 Å². The van der Waals surface area contributed by atoms with Crippen LogP contribution in [0.3, 0.4) is 0 Å². The third-order valence-corrected chi connectivity index (χ3v) is 4.17. The van der Waals surface area contributed by atoms with Gasteiger partial charge in [-0.15, -0.1) is 0 Å². The number of rotatable bonds is 4. The number of carbonyl (C=O) groups excluding carboxylic acids is 2. The van der Waals surface area contributed by atoms with Crippen molar-refractivity contribution >= 4 is 17.5 Å². The number of aryl methyl sites for hydroxylation is 1. The Bertz CT molecular complexity index is 581. The zero-order valence-corrected chi connectivity index (χ0v) is 12.5. The third kappa shape index (κ3) is 3.08. The molecule has 3 rings (SSSR count). The molecule has 0 aromatic heterocycles. The summed E-state index contributed by atoms with van der Waals surface area (Å²) < 4.78 is 0. The topological polar surface area (TPSA) is 61.4 Å². The Balaban J connectivity index is 1.77. The number of imide groups is 1. The molecule has 0 spiro atoms. The Morgan fingerprint density at radius 1 is 1.33 bits per heavy atom. The lowest BCUT2D eigenvalue weighted by Gasteiger charge is -2.34. The van der Waals surface area contributed by atoms with Crippen molar-refractivity contribution in [2.45, 2.75) is 45.3 Å². The van der Waals surface area contributed by atoms with Crippen LogP contribution in [0, 0.1) is 6.92 Å². The minimum atomic E-state index is -0.322. The van der Waals surface area contributed by atoms with Gasteiger partial charge in [-0.25, -0.2) is 0 Å². The molecule has 5 heteroatoms. The predicted molar refractivity (Wildman–Crippen MR) is 81.0 cm³/mol. The number of anilines is 1. The number of nitrogens with zero attached hydrogens (tertiary/aromatic N) is 1. The number of benzene rings is 1. The molecule has 2 aliphatic rings. The highest BCUT2D eigenvalue weighted by Crippen LogP contribution is 2.25. The predicted octanol–water partition coefficient (Wildman–Crippen LogP) is 1.10. The maximum atomic E-state index is 11.8. The van der Waals surface area contributed by atoms with E-state index in [-0.39, 0.29) is 24.4 Å².